The molecule has 3 N–H and O–H groups in total. The second kappa shape index (κ2) is 4.79. The monoisotopic (exact) mass is 267 g/mol. The molecule has 1 aromatic carbocycles. The van der Waals surface area contributed by atoms with E-state index in [0.29, 0.717) is 17.1 Å². The number of hydrogen-bond acceptors (Lipinski definition) is 5. The molecule has 0 saturated heterocycles. The highest BCUT2D eigenvalue weighted by molar-refractivity contribution is 7.89. The first kappa shape index (κ1) is 12.6. The molecule has 0 aliphatic carbocycles. The number of sulfonamides is 1. The number of rotatable bonds is 4. The smallest absolute Gasteiger partial charge is 0.240 e. The number of hydrogen-bond donors (Lipinski definition) is 2. The van der Waals surface area contributed by atoms with Crippen molar-refractivity contribution in [1.82, 2.24) is 9.88 Å². The van der Waals surface area contributed by atoms with Crippen molar-refractivity contribution in [2.75, 3.05) is 5.73 Å². The maximum absolute atomic E-state index is 11.9. The van der Waals surface area contributed by atoms with Gasteiger partial charge >= 0.3 is 0 Å². The highest BCUT2D eigenvalue weighted by atomic mass is 32.2. The van der Waals surface area contributed by atoms with Crippen LogP contribution in [0, 0.1) is 6.92 Å². The number of nitrogen functional groups attached to an aromatic ring is 1. The zero-order valence-corrected chi connectivity index (χ0v) is 10.6. The first-order valence-corrected chi connectivity index (χ1v) is 6.73. The van der Waals surface area contributed by atoms with Crippen molar-refractivity contribution in [2.24, 2.45) is 0 Å². The zero-order valence-electron chi connectivity index (χ0n) is 9.75. The molecule has 0 aliphatic rings. The average Bonchev–Trinajstić information content (AvgIpc) is 2.73. The number of aryl methyl sites for hydroxylation is 1. The van der Waals surface area contributed by atoms with Crippen LogP contribution in [0.2, 0.25) is 0 Å². The van der Waals surface area contributed by atoms with Crippen LogP contribution in [0.4, 0.5) is 5.69 Å². The Morgan fingerprint density at radius 3 is 2.78 bits per heavy atom. The van der Waals surface area contributed by atoms with E-state index in [9.17, 15) is 8.42 Å². The van der Waals surface area contributed by atoms with E-state index in [0.717, 1.165) is 0 Å². The molecule has 0 bridgehead atoms. The van der Waals surface area contributed by atoms with Gasteiger partial charge in [-0.1, -0.05) is 11.2 Å². The van der Waals surface area contributed by atoms with Crippen LogP contribution < -0.4 is 10.5 Å². The van der Waals surface area contributed by atoms with E-state index >= 15 is 0 Å². The van der Waals surface area contributed by atoms with Crippen molar-refractivity contribution in [2.45, 2.75) is 18.4 Å². The van der Waals surface area contributed by atoms with Crippen molar-refractivity contribution in [3.8, 4) is 0 Å². The van der Waals surface area contributed by atoms with Crippen LogP contribution in [0.1, 0.15) is 11.5 Å². The van der Waals surface area contributed by atoms with Crippen LogP contribution in [0.15, 0.2) is 39.8 Å². The molecule has 0 amide bonds. The summed E-state index contributed by atoms with van der Waals surface area (Å²) >= 11 is 0. The quantitative estimate of drug-likeness (QED) is 0.807. The molecule has 0 fully saturated rings. The maximum atomic E-state index is 11.9. The summed E-state index contributed by atoms with van der Waals surface area (Å²) in [5.41, 5.74) is 6.47. The molecule has 0 radical (unpaired) electrons. The number of aromatic nitrogens is 1. The summed E-state index contributed by atoms with van der Waals surface area (Å²) in [6.07, 6.45) is 0. The van der Waals surface area contributed by atoms with E-state index in [4.69, 9.17) is 10.3 Å². The summed E-state index contributed by atoms with van der Waals surface area (Å²) < 4.78 is 31.2. The third kappa shape index (κ3) is 2.88. The lowest BCUT2D eigenvalue weighted by molar-refractivity contribution is 0.390. The Balaban J connectivity index is 2.13. The Hall–Kier alpha value is -1.86. The maximum Gasteiger partial charge on any atom is 0.240 e. The number of nitrogens with zero attached hydrogens (tertiary/aromatic N) is 1. The van der Waals surface area contributed by atoms with E-state index in [1.807, 2.05) is 0 Å². The molecule has 0 saturated carbocycles. The second-order valence-corrected chi connectivity index (χ2v) is 5.59. The summed E-state index contributed by atoms with van der Waals surface area (Å²) in [6, 6.07) is 7.76. The Bertz CT molecular complexity index is 649. The van der Waals surface area contributed by atoms with Gasteiger partial charge in [-0.3, -0.25) is 0 Å². The second-order valence-electron chi connectivity index (χ2n) is 3.83. The van der Waals surface area contributed by atoms with Gasteiger partial charge in [0.15, 0.2) is 0 Å². The molecule has 2 rings (SSSR count). The van der Waals surface area contributed by atoms with Crippen molar-refractivity contribution in [1.29, 1.82) is 0 Å². The minimum Gasteiger partial charge on any atom is -0.399 e. The Kier molecular flexibility index (Phi) is 3.35. The predicted molar refractivity (Wildman–Crippen MR) is 66.1 cm³/mol. The Labute approximate surface area is 105 Å². The lowest BCUT2D eigenvalue weighted by Gasteiger charge is -2.05. The third-order valence-electron chi connectivity index (χ3n) is 2.29. The fourth-order valence-corrected chi connectivity index (χ4v) is 2.49. The van der Waals surface area contributed by atoms with Gasteiger partial charge in [0.25, 0.3) is 0 Å². The normalized spacial score (nSPS) is 11.6. The van der Waals surface area contributed by atoms with Crippen molar-refractivity contribution in [3.63, 3.8) is 0 Å². The van der Waals surface area contributed by atoms with Crippen LogP contribution in [0.25, 0.3) is 0 Å². The minimum atomic E-state index is -3.58. The minimum absolute atomic E-state index is 0.0778. The highest BCUT2D eigenvalue weighted by Gasteiger charge is 2.14. The molecule has 1 aromatic heterocycles. The summed E-state index contributed by atoms with van der Waals surface area (Å²) in [5, 5.41) is 3.70. The largest absolute Gasteiger partial charge is 0.399 e. The predicted octanol–water partition coefficient (Wildman–Crippen LogP) is 1.04. The fourth-order valence-electron chi connectivity index (χ4n) is 1.44. The number of nitrogens with one attached hydrogen (secondary N) is 1. The van der Waals surface area contributed by atoms with Crippen LogP contribution in [-0.4, -0.2) is 13.6 Å². The lowest BCUT2D eigenvalue weighted by atomic mass is 10.3. The number of nitrogens with two attached hydrogens (primary N) is 1. The van der Waals surface area contributed by atoms with E-state index < -0.39 is 10.0 Å². The lowest BCUT2D eigenvalue weighted by Crippen LogP contribution is -2.23. The summed E-state index contributed by atoms with van der Waals surface area (Å²) in [7, 11) is -3.58. The van der Waals surface area contributed by atoms with Gasteiger partial charge in [-0.15, -0.1) is 0 Å². The van der Waals surface area contributed by atoms with Gasteiger partial charge in [-0.2, -0.15) is 0 Å². The van der Waals surface area contributed by atoms with Crippen molar-refractivity contribution in [3.05, 3.63) is 41.8 Å². The van der Waals surface area contributed by atoms with Crippen LogP contribution >= 0.6 is 0 Å². The van der Waals surface area contributed by atoms with E-state index in [1.54, 1.807) is 25.1 Å². The standard InChI is InChI=1S/C11H13N3O3S/c1-8-5-10(14-17-8)7-13-18(15,16)11-4-2-3-9(12)6-11/h2-6,13H,7,12H2,1H3. The fraction of sp³-hybridized carbons (Fsp3) is 0.182. The SMILES string of the molecule is Cc1cc(CNS(=O)(=O)c2cccc(N)c2)no1. The van der Waals surface area contributed by atoms with Gasteiger partial charge in [0.2, 0.25) is 10.0 Å². The van der Waals surface area contributed by atoms with Crippen LogP contribution in [0.3, 0.4) is 0 Å². The molecule has 0 aliphatic heterocycles. The molecule has 6 nitrogen and oxygen atoms in total. The van der Waals surface area contributed by atoms with E-state index in [-0.39, 0.29) is 11.4 Å². The Morgan fingerprint density at radius 1 is 1.39 bits per heavy atom. The number of anilines is 1. The van der Waals surface area contributed by atoms with Crippen molar-refractivity contribution >= 4 is 15.7 Å². The van der Waals surface area contributed by atoms with E-state index in [2.05, 4.69) is 9.88 Å². The molecular formula is C11H13N3O3S. The van der Waals surface area contributed by atoms with Gasteiger partial charge in [-0.05, 0) is 25.1 Å². The molecule has 0 atom stereocenters. The van der Waals surface area contributed by atoms with E-state index in [1.165, 1.54) is 12.1 Å². The first-order valence-electron chi connectivity index (χ1n) is 5.25. The first-order chi connectivity index (χ1) is 8.47. The number of benzene rings is 1. The molecular weight excluding hydrogens is 254 g/mol. The average molecular weight is 267 g/mol. The van der Waals surface area contributed by atoms with Gasteiger partial charge < -0.3 is 10.3 Å². The van der Waals surface area contributed by atoms with Gasteiger partial charge in [-0.25, -0.2) is 13.1 Å². The molecule has 2 aromatic rings. The summed E-state index contributed by atoms with van der Waals surface area (Å²) in [5.74, 6) is 0.633. The van der Waals surface area contributed by atoms with Gasteiger partial charge in [0.05, 0.1) is 17.1 Å². The van der Waals surface area contributed by atoms with Crippen LogP contribution in [0.5, 0.6) is 0 Å². The Morgan fingerprint density at radius 2 is 2.17 bits per heavy atom. The summed E-state index contributed by atoms with van der Waals surface area (Å²) in [6.45, 7) is 1.82. The van der Waals surface area contributed by atoms with Gasteiger partial charge in [0, 0.05) is 11.8 Å². The molecule has 18 heavy (non-hydrogen) atoms. The topological polar surface area (TPSA) is 98.2 Å². The molecule has 96 valence electrons. The summed E-state index contributed by atoms with van der Waals surface area (Å²) in [4.78, 5) is 0.128. The zero-order chi connectivity index (χ0) is 13.2. The highest BCUT2D eigenvalue weighted by Crippen LogP contribution is 2.13. The third-order valence-corrected chi connectivity index (χ3v) is 3.69. The van der Waals surface area contributed by atoms with Crippen LogP contribution in [-0.2, 0) is 16.6 Å². The molecule has 7 heteroatoms. The molecule has 0 unspecified atom stereocenters. The van der Waals surface area contributed by atoms with Crippen molar-refractivity contribution < 1.29 is 12.9 Å². The molecule has 1 heterocycles. The van der Waals surface area contributed by atoms with Gasteiger partial charge in [0.1, 0.15) is 5.76 Å². The molecule has 0 spiro atoms.